The zero-order valence-corrected chi connectivity index (χ0v) is 10.8. The van der Waals surface area contributed by atoms with Crippen LogP contribution in [0, 0.1) is 0 Å². The number of hydrogen-bond acceptors (Lipinski definition) is 4. The molecule has 1 aromatic rings. The van der Waals surface area contributed by atoms with Gasteiger partial charge >= 0.3 is 5.97 Å². The molecule has 0 saturated carbocycles. The minimum absolute atomic E-state index is 0.406. The lowest BCUT2D eigenvalue weighted by Crippen LogP contribution is -2.17. The Morgan fingerprint density at radius 1 is 1.67 bits per heavy atom. The summed E-state index contributed by atoms with van der Waals surface area (Å²) in [6.45, 7) is 3.90. The molecule has 2 unspecified atom stereocenters. The van der Waals surface area contributed by atoms with Gasteiger partial charge in [0.15, 0.2) is 0 Å². The van der Waals surface area contributed by atoms with Crippen molar-refractivity contribution in [2.45, 2.75) is 31.6 Å². The second kappa shape index (κ2) is 5.44. The molecule has 0 aromatic carbocycles. The minimum atomic E-state index is -0.849. The van der Waals surface area contributed by atoms with Crippen LogP contribution in [0.25, 0.3) is 0 Å². The molecule has 1 aliphatic rings. The fourth-order valence-electron chi connectivity index (χ4n) is 2.43. The Morgan fingerprint density at radius 3 is 3.00 bits per heavy atom. The van der Waals surface area contributed by atoms with Crippen molar-refractivity contribution < 1.29 is 9.90 Å². The van der Waals surface area contributed by atoms with Gasteiger partial charge in [0.05, 0.1) is 0 Å². The molecule has 2 rings (SSSR count). The first-order valence-corrected chi connectivity index (χ1v) is 6.36. The number of aromatic nitrogens is 2. The molecule has 18 heavy (non-hydrogen) atoms. The smallest absolute Gasteiger partial charge is 0.314 e. The van der Waals surface area contributed by atoms with Gasteiger partial charge < -0.3 is 10.0 Å². The van der Waals surface area contributed by atoms with Gasteiger partial charge in [0.2, 0.25) is 0 Å². The zero-order valence-electron chi connectivity index (χ0n) is 10.8. The molecular weight excluding hydrogens is 230 g/mol. The van der Waals surface area contributed by atoms with Gasteiger partial charge in [0.1, 0.15) is 11.7 Å². The molecule has 2 heterocycles. The Morgan fingerprint density at radius 2 is 2.44 bits per heavy atom. The standard InChI is InChI=1S/C13H19N3O2/c1-3-10(13(17)18)12-14-6-4-11(15-12)9-5-7-16(2)8-9/h4,6,9-10H,3,5,7-8H2,1-2H3,(H,17,18). The molecule has 0 bridgehead atoms. The number of aliphatic carboxylic acids is 1. The van der Waals surface area contributed by atoms with E-state index in [1.54, 1.807) is 6.20 Å². The number of carboxylic acids is 1. The molecule has 1 aromatic heterocycles. The van der Waals surface area contributed by atoms with Crippen LogP contribution < -0.4 is 0 Å². The first kappa shape index (κ1) is 13.0. The minimum Gasteiger partial charge on any atom is -0.481 e. The summed E-state index contributed by atoms with van der Waals surface area (Å²) < 4.78 is 0. The first-order valence-electron chi connectivity index (χ1n) is 6.36. The Labute approximate surface area is 107 Å². The summed E-state index contributed by atoms with van der Waals surface area (Å²) in [5, 5.41) is 9.14. The van der Waals surface area contributed by atoms with Crippen molar-refractivity contribution in [2.75, 3.05) is 20.1 Å². The summed E-state index contributed by atoms with van der Waals surface area (Å²) >= 11 is 0. The molecule has 1 saturated heterocycles. The van der Waals surface area contributed by atoms with Gasteiger partial charge in [-0.15, -0.1) is 0 Å². The quantitative estimate of drug-likeness (QED) is 0.875. The van der Waals surface area contributed by atoms with Gasteiger partial charge in [-0.1, -0.05) is 6.92 Å². The number of carbonyl (C=O) groups is 1. The fraction of sp³-hybridized carbons (Fsp3) is 0.615. The van der Waals surface area contributed by atoms with Crippen LogP contribution in [0.4, 0.5) is 0 Å². The van der Waals surface area contributed by atoms with Crippen LogP contribution in [-0.2, 0) is 4.79 Å². The molecule has 0 aliphatic carbocycles. The second-order valence-electron chi connectivity index (χ2n) is 4.89. The molecule has 1 fully saturated rings. The molecule has 98 valence electrons. The van der Waals surface area contributed by atoms with Gasteiger partial charge in [-0.05, 0) is 32.5 Å². The van der Waals surface area contributed by atoms with Crippen LogP contribution in [0.3, 0.4) is 0 Å². The Bertz CT molecular complexity index is 436. The summed E-state index contributed by atoms with van der Waals surface area (Å²) in [6, 6.07) is 1.90. The summed E-state index contributed by atoms with van der Waals surface area (Å²) in [7, 11) is 2.09. The molecule has 5 nitrogen and oxygen atoms in total. The average Bonchev–Trinajstić information content (AvgIpc) is 2.77. The van der Waals surface area contributed by atoms with E-state index in [1.165, 1.54) is 0 Å². The van der Waals surface area contributed by atoms with Gasteiger partial charge in [0, 0.05) is 24.4 Å². The predicted octanol–water partition coefficient (Wildman–Crippen LogP) is 1.47. The molecule has 1 N–H and O–H groups in total. The van der Waals surface area contributed by atoms with Crippen molar-refractivity contribution in [1.29, 1.82) is 0 Å². The summed E-state index contributed by atoms with van der Waals surface area (Å²) in [5.74, 6) is -0.595. The van der Waals surface area contributed by atoms with E-state index < -0.39 is 11.9 Å². The topological polar surface area (TPSA) is 66.3 Å². The van der Waals surface area contributed by atoms with Crippen molar-refractivity contribution in [1.82, 2.24) is 14.9 Å². The third-order valence-electron chi connectivity index (χ3n) is 3.52. The molecular formula is C13H19N3O2. The molecule has 5 heteroatoms. The summed E-state index contributed by atoms with van der Waals surface area (Å²) in [6.07, 6.45) is 3.28. The highest BCUT2D eigenvalue weighted by Crippen LogP contribution is 2.25. The maximum absolute atomic E-state index is 11.1. The van der Waals surface area contributed by atoms with E-state index in [9.17, 15) is 4.79 Å². The molecule has 0 amide bonds. The van der Waals surface area contributed by atoms with Crippen LogP contribution in [0.5, 0.6) is 0 Å². The molecule has 0 radical (unpaired) electrons. The van der Waals surface area contributed by atoms with Crippen molar-refractivity contribution in [2.24, 2.45) is 0 Å². The highest BCUT2D eigenvalue weighted by atomic mass is 16.4. The Kier molecular flexibility index (Phi) is 3.91. The van der Waals surface area contributed by atoms with E-state index in [-0.39, 0.29) is 0 Å². The van der Waals surface area contributed by atoms with Crippen LogP contribution in [-0.4, -0.2) is 46.1 Å². The number of nitrogens with zero attached hydrogens (tertiary/aromatic N) is 3. The number of carboxylic acid groups (broad SMARTS) is 1. The maximum Gasteiger partial charge on any atom is 0.314 e. The van der Waals surface area contributed by atoms with Gasteiger partial charge in [-0.3, -0.25) is 4.79 Å². The molecule has 1 aliphatic heterocycles. The normalized spacial score (nSPS) is 22.0. The zero-order chi connectivity index (χ0) is 13.1. The van der Waals surface area contributed by atoms with Gasteiger partial charge in [-0.25, -0.2) is 9.97 Å². The average molecular weight is 249 g/mol. The lowest BCUT2D eigenvalue weighted by atomic mass is 10.0. The van der Waals surface area contributed by atoms with Crippen molar-refractivity contribution in [3.8, 4) is 0 Å². The lowest BCUT2D eigenvalue weighted by molar-refractivity contribution is -0.139. The lowest BCUT2D eigenvalue weighted by Gasteiger charge is -2.13. The van der Waals surface area contributed by atoms with Crippen LogP contribution in [0.2, 0.25) is 0 Å². The number of likely N-dealkylation sites (N-methyl/N-ethyl adjacent to an activating group) is 1. The van der Waals surface area contributed by atoms with E-state index in [1.807, 2.05) is 13.0 Å². The largest absolute Gasteiger partial charge is 0.481 e. The summed E-state index contributed by atoms with van der Waals surface area (Å²) in [4.78, 5) is 22.0. The second-order valence-corrected chi connectivity index (χ2v) is 4.89. The highest BCUT2D eigenvalue weighted by molar-refractivity contribution is 5.74. The monoisotopic (exact) mass is 249 g/mol. The molecule has 0 spiro atoms. The predicted molar refractivity (Wildman–Crippen MR) is 67.6 cm³/mol. The fourth-order valence-corrected chi connectivity index (χ4v) is 2.43. The van der Waals surface area contributed by atoms with E-state index in [0.717, 1.165) is 25.2 Å². The van der Waals surface area contributed by atoms with Gasteiger partial charge in [-0.2, -0.15) is 0 Å². The van der Waals surface area contributed by atoms with E-state index >= 15 is 0 Å². The van der Waals surface area contributed by atoms with Crippen molar-refractivity contribution >= 4 is 5.97 Å². The van der Waals surface area contributed by atoms with Crippen LogP contribution in [0.15, 0.2) is 12.3 Å². The van der Waals surface area contributed by atoms with E-state index in [2.05, 4.69) is 21.9 Å². The van der Waals surface area contributed by atoms with Crippen molar-refractivity contribution in [3.63, 3.8) is 0 Å². The summed E-state index contributed by atoms with van der Waals surface area (Å²) in [5.41, 5.74) is 0.976. The molecule has 2 atom stereocenters. The SMILES string of the molecule is CCC(C(=O)O)c1nccc(C2CCN(C)C2)n1. The first-order chi connectivity index (χ1) is 8.61. The highest BCUT2D eigenvalue weighted by Gasteiger charge is 2.25. The van der Waals surface area contributed by atoms with Crippen molar-refractivity contribution in [3.05, 3.63) is 23.8 Å². The third-order valence-corrected chi connectivity index (χ3v) is 3.52. The van der Waals surface area contributed by atoms with Crippen LogP contribution >= 0.6 is 0 Å². The van der Waals surface area contributed by atoms with Crippen LogP contribution in [0.1, 0.15) is 43.1 Å². The van der Waals surface area contributed by atoms with E-state index in [4.69, 9.17) is 5.11 Å². The third kappa shape index (κ3) is 2.67. The van der Waals surface area contributed by atoms with E-state index in [0.29, 0.717) is 18.2 Å². The number of hydrogen-bond donors (Lipinski definition) is 1. The number of rotatable bonds is 4. The Hall–Kier alpha value is -1.49. The Balaban J connectivity index is 2.21. The number of likely N-dealkylation sites (tertiary alicyclic amines) is 1. The maximum atomic E-state index is 11.1. The van der Waals surface area contributed by atoms with Gasteiger partial charge in [0.25, 0.3) is 0 Å².